The molecule has 60 valence electrons. The van der Waals surface area contributed by atoms with E-state index >= 15 is 0 Å². The van der Waals surface area contributed by atoms with Crippen LogP contribution in [0.2, 0.25) is 0 Å². The van der Waals surface area contributed by atoms with Gasteiger partial charge < -0.3 is 0 Å². The Morgan fingerprint density at radius 1 is 1.33 bits per heavy atom. The molecular weight excluding hydrogens is 264 g/mol. The number of carbonyl (C=O) groups is 1. The summed E-state index contributed by atoms with van der Waals surface area (Å²) in [5.74, 6) is 0. The standard InChI is InChI=1S/C10H8OTe/c1-7-8-4-2-3-5-9(8)12-10(7)6-11/h2-6H,1H3. The van der Waals surface area contributed by atoms with E-state index in [0.717, 1.165) is 9.87 Å². The van der Waals surface area contributed by atoms with Crippen LogP contribution in [0.15, 0.2) is 24.3 Å². The average Bonchev–Trinajstić information content (AvgIpc) is 2.44. The van der Waals surface area contributed by atoms with Crippen LogP contribution in [0.5, 0.6) is 0 Å². The molecule has 12 heavy (non-hydrogen) atoms. The Bertz CT molecular complexity index is 428. The van der Waals surface area contributed by atoms with Gasteiger partial charge in [0.15, 0.2) is 0 Å². The van der Waals surface area contributed by atoms with Gasteiger partial charge in [-0.3, -0.25) is 0 Å². The Morgan fingerprint density at radius 3 is 2.75 bits per heavy atom. The van der Waals surface area contributed by atoms with Gasteiger partial charge in [0.2, 0.25) is 0 Å². The van der Waals surface area contributed by atoms with Crippen molar-refractivity contribution in [2.45, 2.75) is 6.92 Å². The fraction of sp³-hybridized carbons (Fsp3) is 0.100. The Balaban J connectivity index is 2.87. The summed E-state index contributed by atoms with van der Waals surface area (Å²) in [5, 5.41) is 1.29. The SMILES string of the molecule is Cc1c(C=O)[te]c2ccccc12. The summed E-state index contributed by atoms with van der Waals surface area (Å²) in [6, 6.07) is 8.32. The van der Waals surface area contributed by atoms with E-state index in [2.05, 4.69) is 12.1 Å². The van der Waals surface area contributed by atoms with E-state index in [1.54, 1.807) is 0 Å². The molecular formula is C10H8OTe. The van der Waals surface area contributed by atoms with Crippen molar-refractivity contribution >= 4 is 35.5 Å². The summed E-state index contributed by atoms with van der Waals surface area (Å²) in [4.78, 5) is 10.7. The maximum absolute atomic E-state index is 10.7. The molecule has 0 saturated carbocycles. The third-order valence-corrected chi connectivity index (χ3v) is 5.41. The molecule has 1 nitrogen and oxygen atoms in total. The molecule has 2 aromatic rings. The molecule has 0 unspecified atom stereocenters. The topological polar surface area (TPSA) is 17.1 Å². The second kappa shape index (κ2) is 3.05. The number of aldehydes is 1. The Morgan fingerprint density at radius 2 is 2.08 bits per heavy atom. The van der Waals surface area contributed by atoms with Gasteiger partial charge in [-0.1, -0.05) is 0 Å². The number of carbonyl (C=O) groups excluding carboxylic acids is 1. The molecule has 1 aromatic heterocycles. The van der Waals surface area contributed by atoms with Gasteiger partial charge in [0.05, 0.1) is 0 Å². The van der Waals surface area contributed by atoms with Crippen LogP contribution in [-0.2, 0) is 0 Å². The maximum atomic E-state index is 10.7. The molecule has 0 aliphatic rings. The molecule has 0 atom stereocenters. The molecule has 1 heterocycles. The van der Waals surface area contributed by atoms with E-state index < -0.39 is 0 Å². The molecule has 0 fully saturated rings. The van der Waals surface area contributed by atoms with E-state index in [-0.39, 0.29) is 20.4 Å². The summed E-state index contributed by atoms with van der Waals surface area (Å²) >= 11 is -0.351. The third-order valence-electron chi connectivity index (χ3n) is 1.99. The van der Waals surface area contributed by atoms with Crippen molar-refractivity contribution in [3.63, 3.8) is 0 Å². The van der Waals surface area contributed by atoms with Gasteiger partial charge in [0.25, 0.3) is 0 Å². The van der Waals surface area contributed by atoms with Gasteiger partial charge in [-0.2, -0.15) is 0 Å². The molecule has 1 aromatic carbocycles. The van der Waals surface area contributed by atoms with Crippen molar-refractivity contribution in [1.82, 2.24) is 0 Å². The van der Waals surface area contributed by atoms with Crippen molar-refractivity contribution in [2.24, 2.45) is 0 Å². The summed E-state index contributed by atoms with van der Waals surface area (Å²) < 4.78 is 2.46. The van der Waals surface area contributed by atoms with Gasteiger partial charge in [-0.15, -0.1) is 0 Å². The summed E-state index contributed by atoms with van der Waals surface area (Å²) in [6.07, 6.45) is 1.03. The van der Waals surface area contributed by atoms with Crippen molar-refractivity contribution < 1.29 is 4.79 Å². The van der Waals surface area contributed by atoms with E-state index in [1.807, 2.05) is 19.1 Å². The average molecular weight is 272 g/mol. The van der Waals surface area contributed by atoms with Crippen LogP contribution in [0.1, 0.15) is 13.9 Å². The van der Waals surface area contributed by atoms with E-state index in [9.17, 15) is 4.79 Å². The van der Waals surface area contributed by atoms with Crippen LogP contribution in [0.4, 0.5) is 0 Å². The molecule has 2 heteroatoms. The number of hydrogen-bond acceptors (Lipinski definition) is 1. The first kappa shape index (κ1) is 8.04. The van der Waals surface area contributed by atoms with Gasteiger partial charge >= 0.3 is 80.6 Å². The number of hydrogen-bond donors (Lipinski definition) is 0. The fourth-order valence-corrected chi connectivity index (χ4v) is 4.23. The first-order valence-electron chi connectivity index (χ1n) is 3.76. The predicted octanol–water partition coefficient (Wildman–Crippen LogP) is 2.02. The van der Waals surface area contributed by atoms with E-state index in [4.69, 9.17) is 0 Å². The predicted molar refractivity (Wildman–Crippen MR) is 51.0 cm³/mol. The Hall–Kier alpha value is -0.580. The van der Waals surface area contributed by atoms with Crippen LogP contribution in [0.25, 0.3) is 8.79 Å². The summed E-state index contributed by atoms with van der Waals surface area (Å²) in [7, 11) is 0. The van der Waals surface area contributed by atoms with Gasteiger partial charge in [-0.05, 0) is 0 Å². The number of rotatable bonds is 1. The molecule has 0 spiro atoms. The number of benzene rings is 1. The van der Waals surface area contributed by atoms with Crippen LogP contribution in [0, 0.1) is 6.92 Å². The van der Waals surface area contributed by atoms with Gasteiger partial charge in [-0.25, -0.2) is 0 Å². The quantitative estimate of drug-likeness (QED) is 0.573. The van der Waals surface area contributed by atoms with Crippen LogP contribution < -0.4 is 0 Å². The first-order valence-corrected chi connectivity index (χ1v) is 6.09. The van der Waals surface area contributed by atoms with Gasteiger partial charge in [0.1, 0.15) is 0 Å². The molecule has 0 bridgehead atoms. The van der Waals surface area contributed by atoms with E-state index in [0.29, 0.717) is 0 Å². The zero-order chi connectivity index (χ0) is 8.55. The van der Waals surface area contributed by atoms with Gasteiger partial charge in [0, 0.05) is 0 Å². The van der Waals surface area contributed by atoms with Crippen molar-refractivity contribution in [2.75, 3.05) is 0 Å². The van der Waals surface area contributed by atoms with E-state index in [1.165, 1.54) is 14.4 Å². The number of fused-ring (bicyclic) bond motifs is 1. The zero-order valence-electron chi connectivity index (χ0n) is 6.70. The summed E-state index contributed by atoms with van der Waals surface area (Å²) in [6.45, 7) is 2.04. The molecule has 0 saturated heterocycles. The fourth-order valence-electron chi connectivity index (χ4n) is 1.31. The Kier molecular flexibility index (Phi) is 2.04. The molecule has 0 amide bonds. The molecule has 0 radical (unpaired) electrons. The minimum atomic E-state index is -0.351. The van der Waals surface area contributed by atoms with Crippen molar-refractivity contribution in [3.05, 3.63) is 33.4 Å². The van der Waals surface area contributed by atoms with Crippen molar-refractivity contribution in [1.29, 1.82) is 0 Å². The van der Waals surface area contributed by atoms with Crippen molar-refractivity contribution in [3.8, 4) is 0 Å². The minimum absolute atomic E-state index is 0.351. The summed E-state index contributed by atoms with van der Waals surface area (Å²) in [5.41, 5.74) is 1.20. The zero-order valence-corrected chi connectivity index (χ0v) is 9.03. The molecule has 2 rings (SSSR count). The second-order valence-electron chi connectivity index (χ2n) is 2.71. The second-order valence-corrected chi connectivity index (χ2v) is 5.80. The normalized spacial score (nSPS) is 10.4. The monoisotopic (exact) mass is 274 g/mol. The molecule has 0 aliphatic carbocycles. The van der Waals surface area contributed by atoms with Crippen LogP contribution >= 0.6 is 0 Å². The third kappa shape index (κ3) is 1.12. The number of aryl methyl sites for hydroxylation is 1. The first-order chi connectivity index (χ1) is 5.83. The Labute approximate surface area is 80.6 Å². The molecule has 0 aliphatic heterocycles. The van der Waals surface area contributed by atoms with Crippen LogP contribution in [0.3, 0.4) is 0 Å². The van der Waals surface area contributed by atoms with Crippen LogP contribution in [-0.4, -0.2) is 26.7 Å². The molecule has 0 N–H and O–H groups in total.